The molecule has 2 atom stereocenters. The predicted octanol–water partition coefficient (Wildman–Crippen LogP) is 2.37. The maximum Gasteiger partial charge on any atom is 0.303 e. The van der Waals surface area contributed by atoms with Crippen LogP contribution in [0.1, 0.15) is 33.9 Å². The lowest BCUT2D eigenvalue weighted by molar-refractivity contribution is -0.908. The minimum absolute atomic E-state index is 0.116. The predicted molar refractivity (Wildman–Crippen MR) is 103 cm³/mol. The van der Waals surface area contributed by atoms with Gasteiger partial charge < -0.3 is 4.90 Å². The third kappa shape index (κ3) is 2.71. The lowest BCUT2D eigenvalue weighted by atomic mass is 10.1. The van der Waals surface area contributed by atoms with Crippen LogP contribution in [0.15, 0.2) is 42.5 Å². The van der Waals surface area contributed by atoms with E-state index in [1.807, 2.05) is 44.3 Å². The van der Waals surface area contributed by atoms with E-state index in [-0.39, 0.29) is 6.04 Å². The highest BCUT2D eigenvalue weighted by Gasteiger charge is 2.38. The quantitative estimate of drug-likeness (QED) is 0.722. The SMILES string of the molecule is Cc1ccc2c(c1)C(=O)C(=O)N2C[NH+](C)[C@H](C)c1nc2ccccc2s1. The van der Waals surface area contributed by atoms with Crippen LogP contribution in [0, 0.1) is 6.92 Å². The van der Waals surface area contributed by atoms with Gasteiger partial charge in [-0.3, -0.25) is 14.5 Å². The molecule has 1 aliphatic heterocycles. The first-order chi connectivity index (χ1) is 12.5. The third-order valence-electron chi connectivity index (χ3n) is 4.95. The van der Waals surface area contributed by atoms with Gasteiger partial charge in [-0.2, -0.15) is 0 Å². The highest BCUT2D eigenvalue weighted by molar-refractivity contribution is 7.18. The number of nitrogens with zero attached hydrogens (tertiary/aromatic N) is 2. The molecular formula is C20H20N3O2S+. The van der Waals surface area contributed by atoms with Gasteiger partial charge in [0.15, 0.2) is 11.7 Å². The molecule has 4 rings (SSSR count). The van der Waals surface area contributed by atoms with Gasteiger partial charge in [-0.15, -0.1) is 11.3 Å². The lowest BCUT2D eigenvalue weighted by Crippen LogP contribution is -3.10. The number of quaternary nitrogens is 1. The molecule has 1 aliphatic rings. The molecule has 0 spiro atoms. The zero-order chi connectivity index (χ0) is 18.4. The number of nitrogens with one attached hydrogen (secondary N) is 1. The molecule has 2 heterocycles. The van der Waals surface area contributed by atoms with E-state index in [1.165, 1.54) is 0 Å². The van der Waals surface area contributed by atoms with Gasteiger partial charge in [-0.05, 0) is 38.1 Å². The van der Waals surface area contributed by atoms with Crippen LogP contribution in [0.25, 0.3) is 10.2 Å². The van der Waals surface area contributed by atoms with Gasteiger partial charge in [-0.25, -0.2) is 4.98 Å². The fraction of sp³-hybridized carbons (Fsp3) is 0.250. The monoisotopic (exact) mass is 366 g/mol. The number of thiazole rings is 1. The van der Waals surface area contributed by atoms with Crippen molar-refractivity contribution in [1.29, 1.82) is 0 Å². The largest absolute Gasteiger partial charge is 0.312 e. The van der Waals surface area contributed by atoms with Crippen LogP contribution in [0.3, 0.4) is 0 Å². The van der Waals surface area contributed by atoms with Crippen molar-refractivity contribution in [3.63, 3.8) is 0 Å². The van der Waals surface area contributed by atoms with Crippen LogP contribution < -0.4 is 9.80 Å². The second-order valence-electron chi connectivity index (χ2n) is 6.83. The Kier molecular flexibility index (Phi) is 4.09. The molecule has 2 aromatic carbocycles. The summed E-state index contributed by atoms with van der Waals surface area (Å²) in [6.07, 6.45) is 0. The molecule has 1 aromatic heterocycles. The number of hydrogen-bond acceptors (Lipinski definition) is 4. The van der Waals surface area contributed by atoms with Crippen LogP contribution in [0.5, 0.6) is 0 Å². The van der Waals surface area contributed by atoms with E-state index >= 15 is 0 Å². The Bertz CT molecular complexity index is 994. The summed E-state index contributed by atoms with van der Waals surface area (Å²) in [5, 5.41) is 1.03. The first kappa shape index (κ1) is 16.9. The van der Waals surface area contributed by atoms with Gasteiger partial charge in [0.2, 0.25) is 0 Å². The van der Waals surface area contributed by atoms with Gasteiger partial charge in [-0.1, -0.05) is 23.8 Å². The van der Waals surface area contributed by atoms with E-state index in [0.29, 0.717) is 17.9 Å². The van der Waals surface area contributed by atoms with E-state index in [0.717, 1.165) is 25.7 Å². The molecule has 1 N–H and O–H groups in total. The van der Waals surface area contributed by atoms with Crippen LogP contribution in [0.4, 0.5) is 5.69 Å². The minimum atomic E-state index is -0.443. The Balaban J connectivity index is 1.59. The number of aromatic nitrogens is 1. The van der Waals surface area contributed by atoms with Crippen LogP contribution in [-0.2, 0) is 4.79 Å². The van der Waals surface area contributed by atoms with Crippen molar-refractivity contribution in [2.75, 3.05) is 18.6 Å². The summed E-state index contributed by atoms with van der Waals surface area (Å²) < 4.78 is 1.16. The molecular weight excluding hydrogens is 346 g/mol. The van der Waals surface area contributed by atoms with Crippen LogP contribution >= 0.6 is 11.3 Å². The normalized spacial score (nSPS) is 16.2. The summed E-state index contributed by atoms with van der Waals surface area (Å²) in [5.74, 6) is -0.856. The number of carbonyl (C=O) groups is 2. The number of aryl methyl sites for hydroxylation is 1. The van der Waals surface area contributed by atoms with Crippen molar-refractivity contribution in [2.24, 2.45) is 0 Å². The number of fused-ring (bicyclic) bond motifs is 2. The Morgan fingerprint density at radius 2 is 1.96 bits per heavy atom. The van der Waals surface area contributed by atoms with E-state index in [9.17, 15) is 9.59 Å². The standard InChI is InChI=1S/C20H19N3O2S/c1-12-8-9-16-14(10-12)18(24)20(25)23(16)11-22(3)13(2)19-21-15-6-4-5-7-17(15)26-19/h4-10,13H,11H2,1-3H3/p+1/t13-/m1/s1. The molecule has 0 bridgehead atoms. The van der Waals surface area contributed by atoms with Gasteiger partial charge in [0.25, 0.3) is 5.78 Å². The van der Waals surface area contributed by atoms with Gasteiger partial charge in [0, 0.05) is 0 Å². The maximum atomic E-state index is 12.5. The maximum absolute atomic E-state index is 12.5. The summed E-state index contributed by atoms with van der Waals surface area (Å²) in [4.78, 5) is 32.2. The number of benzene rings is 2. The first-order valence-electron chi connectivity index (χ1n) is 8.60. The summed E-state index contributed by atoms with van der Waals surface area (Å²) in [5.41, 5.74) is 3.20. The zero-order valence-corrected chi connectivity index (χ0v) is 15.8. The molecule has 0 saturated heterocycles. The highest BCUT2D eigenvalue weighted by Crippen LogP contribution is 2.29. The minimum Gasteiger partial charge on any atom is -0.312 e. The van der Waals surface area contributed by atoms with Crippen molar-refractivity contribution in [1.82, 2.24) is 4.98 Å². The van der Waals surface area contributed by atoms with Crippen molar-refractivity contribution >= 4 is 38.9 Å². The Morgan fingerprint density at radius 3 is 2.73 bits per heavy atom. The van der Waals surface area contributed by atoms with Crippen molar-refractivity contribution in [3.8, 4) is 0 Å². The van der Waals surface area contributed by atoms with E-state index < -0.39 is 11.7 Å². The number of para-hydroxylation sites is 1. The number of carbonyl (C=O) groups excluding carboxylic acids is 2. The molecule has 6 heteroatoms. The van der Waals surface area contributed by atoms with Gasteiger partial charge >= 0.3 is 5.91 Å². The molecule has 3 aromatic rings. The zero-order valence-electron chi connectivity index (χ0n) is 14.9. The molecule has 132 valence electrons. The van der Waals surface area contributed by atoms with Gasteiger partial charge in [0.05, 0.1) is 28.5 Å². The van der Waals surface area contributed by atoms with Crippen LogP contribution in [0.2, 0.25) is 0 Å². The fourth-order valence-electron chi connectivity index (χ4n) is 3.24. The summed E-state index contributed by atoms with van der Waals surface area (Å²) in [6, 6.07) is 13.8. The molecule has 0 radical (unpaired) electrons. The molecule has 0 aliphatic carbocycles. The van der Waals surface area contributed by atoms with Crippen molar-refractivity contribution < 1.29 is 14.5 Å². The number of rotatable bonds is 4. The number of hydrogen-bond donors (Lipinski definition) is 1. The molecule has 0 saturated carbocycles. The summed E-state index contributed by atoms with van der Waals surface area (Å²) in [7, 11) is 2.03. The van der Waals surface area contributed by atoms with Crippen molar-refractivity contribution in [3.05, 3.63) is 58.6 Å². The average Bonchev–Trinajstić information content (AvgIpc) is 3.16. The highest BCUT2D eigenvalue weighted by atomic mass is 32.1. The van der Waals surface area contributed by atoms with E-state index in [4.69, 9.17) is 4.98 Å². The molecule has 1 amide bonds. The average molecular weight is 366 g/mol. The second-order valence-corrected chi connectivity index (χ2v) is 7.89. The van der Waals surface area contributed by atoms with E-state index in [1.54, 1.807) is 22.3 Å². The number of Topliss-reactive ketones (excluding diaryl/α,β-unsaturated/α-hetero) is 1. The van der Waals surface area contributed by atoms with Gasteiger partial charge in [0.1, 0.15) is 6.04 Å². The third-order valence-corrected chi connectivity index (χ3v) is 6.17. The molecule has 0 fully saturated rings. The first-order valence-corrected chi connectivity index (χ1v) is 9.42. The van der Waals surface area contributed by atoms with Crippen LogP contribution in [-0.4, -0.2) is 30.4 Å². The number of ketones is 1. The lowest BCUT2D eigenvalue weighted by Gasteiger charge is -2.25. The smallest absolute Gasteiger partial charge is 0.303 e. The Hall–Kier alpha value is -2.57. The number of amides is 1. The Labute approximate surface area is 155 Å². The summed E-state index contributed by atoms with van der Waals surface area (Å²) >= 11 is 1.68. The second kappa shape index (κ2) is 6.30. The number of anilines is 1. The van der Waals surface area contributed by atoms with E-state index in [2.05, 4.69) is 13.0 Å². The molecule has 5 nitrogen and oxygen atoms in total. The molecule has 1 unspecified atom stereocenters. The van der Waals surface area contributed by atoms with Crippen molar-refractivity contribution in [2.45, 2.75) is 19.9 Å². The topological polar surface area (TPSA) is 54.7 Å². The Morgan fingerprint density at radius 1 is 1.19 bits per heavy atom. The molecule has 26 heavy (non-hydrogen) atoms. The fourth-order valence-corrected chi connectivity index (χ4v) is 4.36. The summed E-state index contributed by atoms with van der Waals surface area (Å²) in [6.45, 7) is 4.45.